The Morgan fingerprint density at radius 3 is 2.76 bits per heavy atom. The highest BCUT2D eigenvalue weighted by molar-refractivity contribution is 5.87. The largest absolute Gasteiger partial charge is 0.461 e. The van der Waals surface area contributed by atoms with Crippen LogP contribution in [0.15, 0.2) is 42.6 Å². The lowest BCUT2D eigenvalue weighted by molar-refractivity contribution is 0.0518. The molecule has 0 spiro atoms. The maximum Gasteiger partial charge on any atom is 0.357 e. The lowest BCUT2D eigenvalue weighted by Gasteiger charge is -2.05. The summed E-state index contributed by atoms with van der Waals surface area (Å²) in [6, 6.07) is 11.5. The van der Waals surface area contributed by atoms with Crippen molar-refractivity contribution in [1.29, 1.82) is 0 Å². The second-order valence-electron chi connectivity index (χ2n) is 4.37. The van der Waals surface area contributed by atoms with Gasteiger partial charge in [0.25, 0.3) is 0 Å². The van der Waals surface area contributed by atoms with E-state index in [-0.39, 0.29) is 5.69 Å². The van der Waals surface area contributed by atoms with Crippen LogP contribution in [0.3, 0.4) is 0 Å². The van der Waals surface area contributed by atoms with E-state index in [1.165, 1.54) is 0 Å². The zero-order chi connectivity index (χ0) is 14.9. The summed E-state index contributed by atoms with van der Waals surface area (Å²) in [7, 11) is 0. The predicted molar refractivity (Wildman–Crippen MR) is 77.8 cm³/mol. The first kappa shape index (κ1) is 15.1. The Morgan fingerprint density at radius 1 is 1.19 bits per heavy atom. The van der Waals surface area contributed by atoms with Crippen LogP contribution in [0.2, 0.25) is 0 Å². The molecule has 0 aliphatic rings. The van der Waals surface area contributed by atoms with Gasteiger partial charge in [0.05, 0.1) is 19.8 Å². The number of carbonyl (C=O) groups is 1. The van der Waals surface area contributed by atoms with Gasteiger partial charge in [0, 0.05) is 12.6 Å². The van der Waals surface area contributed by atoms with Crippen molar-refractivity contribution >= 4 is 5.97 Å². The maximum atomic E-state index is 11.6. The minimum absolute atomic E-state index is 0.282. The zero-order valence-corrected chi connectivity index (χ0v) is 12.0. The van der Waals surface area contributed by atoms with Gasteiger partial charge in [-0.1, -0.05) is 30.3 Å². The number of carbonyl (C=O) groups excluding carboxylic acids is 1. The van der Waals surface area contributed by atoms with Crippen LogP contribution in [0, 0.1) is 0 Å². The molecule has 1 heterocycles. The molecule has 2 rings (SSSR count). The number of nitrogens with zero attached hydrogens (tertiary/aromatic N) is 2. The molecule has 0 saturated heterocycles. The van der Waals surface area contributed by atoms with Crippen LogP contribution in [0.25, 0.3) is 0 Å². The second kappa shape index (κ2) is 8.11. The molecule has 5 heteroatoms. The van der Waals surface area contributed by atoms with E-state index in [0.29, 0.717) is 32.1 Å². The maximum absolute atomic E-state index is 11.6. The fourth-order valence-corrected chi connectivity index (χ4v) is 1.77. The Balaban J connectivity index is 1.80. The van der Waals surface area contributed by atoms with Crippen LogP contribution in [0.5, 0.6) is 0 Å². The highest BCUT2D eigenvalue weighted by Gasteiger charge is 2.09. The van der Waals surface area contributed by atoms with Crippen molar-refractivity contribution < 1.29 is 14.3 Å². The van der Waals surface area contributed by atoms with Crippen molar-refractivity contribution in [2.24, 2.45) is 0 Å². The first-order valence-corrected chi connectivity index (χ1v) is 6.90. The number of esters is 1. The van der Waals surface area contributed by atoms with Crippen molar-refractivity contribution in [3.05, 3.63) is 59.7 Å². The van der Waals surface area contributed by atoms with E-state index in [1.807, 2.05) is 30.3 Å². The Labute approximate surface area is 124 Å². The first-order chi connectivity index (χ1) is 10.3. The summed E-state index contributed by atoms with van der Waals surface area (Å²) in [6.07, 6.45) is 2.12. The summed E-state index contributed by atoms with van der Waals surface area (Å²) in [6.45, 7) is 3.15. The van der Waals surface area contributed by atoms with E-state index in [1.54, 1.807) is 19.2 Å². The molecule has 0 amide bonds. The van der Waals surface area contributed by atoms with Crippen molar-refractivity contribution in [1.82, 2.24) is 9.97 Å². The molecule has 0 unspecified atom stereocenters. The molecule has 110 valence electrons. The van der Waals surface area contributed by atoms with E-state index >= 15 is 0 Å². The van der Waals surface area contributed by atoms with E-state index in [4.69, 9.17) is 9.47 Å². The van der Waals surface area contributed by atoms with Gasteiger partial charge in [-0.3, -0.25) is 0 Å². The molecule has 0 fully saturated rings. The molecule has 0 aliphatic carbocycles. The lowest BCUT2D eigenvalue weighted by Crippen LogP contribution is -2.10. The van der Waals surface area contributed by atoms with Crippen LogP contribution in [-0.2, 0) is 22.5 Å². The molecular weight excluding hydrogens is 268 g/mol. The average Bonchev–Trinajstić information content (AvgIpc) is 2.53. The molecule has 0 radical (unpaired) electrons. The summed E-state index contributed by atoms with van der Waals surface area (Å²) >= 11 is 0. The van der Waals surface area contributed by atoms with Crippen molar-refractivity contribution in [3.63, 3.8) is 0 Å². The molecular formula is C16H18N2O3. The third-order valence-electron chi connectivity index (χ3n) is 2.77. The normalized spacial score (nSPS) is 10.3. The quantitative estimate of drug-likeness (QED) is 0.578. The van der Waals surface area contributed by atoms with Crippen LogP contribution in [-0.4, -0.2) is 29.2 Å². The molecule has 0 atom stereocenters. The Kier molecular flexibility index (Phi) is 5.84. The van der Waals surface area contributed by atoms with Crippen LogP contribution < -0.4 is 0 Å². The van der Waals surface area contributed by atoms with Crippen LogP contribution in [0.4, 0.5) is 0 Å². The molecule has 21 heavy (non-hydrogen) atoms. The van der Waals surface area contributed by atoms with Gasteiger partial charge in [0.1, 0.15) is 5.82 Å². The predicted octanol–water partition coefficient (Wildman–Crippen LogP) is 2.41. The summed E-state index contributed by atoms with van der Waals surface area (Å²) < 4.78 is 10.5. The van der Waals surface area contributed by atoms with E-state index in [9.17, 15) is 4.79 Å². The fourth-order valence-electron chi connectivity index (χ4n) is 1.77. The second-order valence-corrected chi connectivity index (χ2v) is 4.37. The van der Waals surface area contributed by atoms with E-state index < -0.39 is 5.97 Å². The number of hydrogen-bond donors (Lipinski definition) is 0. The number of rotatable bonds is 7. The third kappa shape index (κ3) is 4.96. The van der Waals surface area contributed by atoms with E-state index in [2.05, 4.69) is 9.97 Å². The average molecular weight is 286 g/mol. The van der Waals surface area contributed by atoms with Gasteiger partial charge in [-0.25, -0.2) is 14.8 Å². The monoisotopic (exact) mass is 286 g/mol. The fraction of sp³-hybridized carbons (Fsp3) is 0.312. The first-order valence-electron chi connectivity index (χ1n) is 6.90. The Bertz CT molecular complexity index is 573. The molecule has 5 nitrogen and oxygen atoms in total. The van der Waals surface area contributed by atoms with Gasteiger partial charge in [-0.05, 0) is 18.6 Å². The van der Waals surface area contributed by atoms with Crippen molar-refractivity contribution in [3.8, 4) is 0 Å². The van der Waals surface area contributed by atoms with Gasteiger partial charge in [-0.2, -0.15) is 0 Å². The number of aromatic nitrogens is 2. The highest BCUT2D eigenvalue weighted by Crippen LogP contribution is 2.03. The molecule has 1 aromatic carbocycles. The Hall–Kier alpha value is -2.27. The van der Waals surface area contributed by atoms with Crippen molar-refractivity contribution in [2.45, 2.75) is 20.0 Å². The third-order valence-corrected chi connectivity index (χ3v) is 2.77. The molecule has 0 aliphatic heterocycles. The lowest BCUT2D eigenvalue weighted by atomic mass is 10.2. The SMILES string of the molecule is CCOC(=O)c1ccnc(CCOCc2ccccc2)n1. The molecule has 1 aromatic heterocycles. The van der Waals surface area contributed by atoms with Gasteiger partial charge < -0.3 is 9.47 Å². The summed E-state index contributed by atoms with van der Waals surface area (Å²) in [5.41, 5.74) is 1.41. The summed E-state index contributed by atoms with van der Waals surface area (Å²) in [4.78, 5) is 19.9. The smallest absolute Gasteiger partial charge is 0.357 e. The summed E-state index contributed by atoms with van der Waals surface area (Å²) in [5, 5.41) is 0. The molecule has 0 saturated carbocycles. The van der Waals surface area contributed by atoms with Gasteiger partial charge >= 0.3 is 5.97 Å². The number of ether oxygens (including phenoxy) is 2. The minimum atomic E-state index is -0.425. The standard InChI is InChI=1S/C16H18N2O3/c1-2-21-16(19)14-8-10-17-15(18-14)9-11-20-12-13-6-4-3-5-7-13/h3-8,10H,2,9,11-12H2,1H3. The van der Waals surface area contributed by atoms with Crippen LogP contribution in [0.1, 0.15) is 28.8 Å². The number of benzene rings is 1. The number of hydrogen-bond acceptors (Lipinski definition) is 5. The minimum Gasteiger partial charge on any atom is -0.461 e. The van der Waals surface area contributed by atoms with Gasteiger partial charge in [0.2, 0.25) is 0 Å². The highest BCUT2D eigenvalue weighted by atomic mass is 16.5. The van der Waals surface area contributed by atoms with E-state index in [0.717, 1.165) is 5.56 Å². The Morgan fingerprint density at radius 2 is 2.00 bits per heavy atom. The topological polar surface area (TPSA) is 61.3 Å². The zero-order valence-electron chi connectivity index (χ0n) is 12.0. The van der Waals surface area contributed by atoms with Crippen LogP contribution >= 0.6 is 0 Å². The van der Waals surface area contributed by atoms with Gasteiger partial charge in [0.15, 0.2) is 5.69 Å². The van der Waals surface area contributed by atoms with Crippen molar-refractivity contribution in [2.75, 3.05) is 13.2 Å². The summed E-state index contributed by atoms with van der Waals surface area (Å²) in [5.74, 6) is 0.153. The molecule has 0 bridgehead atoms. The van der Waals surface area contributed by atoms with Gasteiger partial charge in [-0.15, -0.1) is 0 Å². The molecule has 0 N–H and O–H groups in total. The molecule has 2 aromatic rings.